The maximum absolute atomic E-state index is 12.7. The Bertz CT molecular complexity index is 939. The summed E-state index contributed by atoms with van der Waals surface area (Å²) < 4.78 is 8.00. The first kappa shape index (κ1) is 18.3. The average Bonchev–Trinajstić information content (AvgIpc) is 3.11. The first-order chi connectivity index (χ1) is 13.1. The fourth-order valence-electron chi connectivity index (χ4n) is 3.15. The van der Waals surface area contributed by atoms with Crippen LogP contribution in [0.5, 0.6) is 5.75 Å². The fourth-order valence-corrected chi connectivity index (χ4v) is 4.72. The summed E-state index contributed by atoms with van der Waals surface area (Å²) >= 11 is 5.20. The van der Waals surface area contributed by atoms with Crippen molar-refractivity contribution in [2.45, 2.75) is 13.0 Å². The van der Waals surface area contributed by atoms with Gasteiger partial charge in [-0.25, -0.2) is 4.98 Å². The van der Waals surface area contributed by atoms with E-state index in [9.17, 15) is 4.79 Å². The van der Waals surface area contributed by atoms with Crippen molar-refractivity contribution in [3.63, 3.8) is 0 Å². The first-order valence-electron chi connectivity index (χ1n) is 8.92. The second-order valence-electron chi connectivity index (χ2n) is 6.49. The van der Waals surface area contributed by atoms with Crippen LogP contribution in [0.25, 0.3) is 10.2 Å². The van der Waals surface area contributed by atoms with Crippen LogP contribution in [-0.4, -0.2) is 48.1 Å². The van der Waals surface area contributed by atoms with Crippen LogP contribution < -0.4 is 9.64 Å². The Morgan fingerprint density at radius 1 is 1.15 bits per heavy atom. The molecule has 0 N–H and O–H groups in total. The quantitative estimate of drug-likeness (QED) is 0.604. The van der Waals surface area contributed by atoms with Crippen LogP contribution in [0.4, 0.5) is 5.13 Å². The molecule has 27 heavy (non-hydrogen) atoms. The Morgan fingerprint density at radius 2 is 1.89 bits per heavy atom. The minimum Gasteiger partial charge on any atom is -0.481 e. The zero-order valence-electron chi connectivity index (χ0n) is 15.0. The van der Waals surface area contributed by atoms with Gasteiger partial charge in [-0.3, -0.25) is 4.79 Å². The molecule has 0 aliphatic carbocycles. The van der Waals surface area contributed by atoms with E-state index in [2.05, 4.69) is 26.9 Å². The van der Waals surface area contributed by atoms with Gasteiger partial charge in [0.2, 0.25) is 0 Å². The van der Waals surface area contributed by atoms with Gasteiger partial charge in [0.15, 0.2) is 11.2 Å². The van der Waals surface area contributed by atoms with E-state index in [4.69, 9.17) is 9.72 Å². The molecule has 1 atom stereocenters. The van der Waals surface area contributed by atoms with Gasteiger partial charge in [0.1, 0.15) is 5.75 Å². The minimum atomic E-state index is -0.487. The van der Waals surface area contributed by atoms with E-state index in [1.54, 1.807) is 11.3 Å². The molecule has 1 aliphatic rings. The van der Waals surface area contributed by atoms with Crippen molar-refractivity contribution in [1.29, 1.82) is 0 Å². The monoisotopic (exact) mass is 445 g/mol. The normalized spacial score (nSPS) is 15.8. The van der Waals surface area contributed by atoms with E-state index >= 15 is 0 Å². The van der Waals surface area contributed by atoms with Crippen molar-refractivity contribution in [3.05, 3.63) is 53.0 Å². The van der Waals surface area contributed by atoms with Gasteiger partial charge >= 0.3 is 0 Å². The third-order valence-corrected chi connectivity index (χ3v) is 6.18. The lowest BCUT2D eigenvalue weighted by molar-refractivity contribution is -0.138. The molecule has 1 aromatic heterocycles. The Morgan fingerprint density at radius 3 is 2.63 bits per heavy atom. The summed E-state index contributed by atoms with van der Waals surface area (Å²) in [6.07, 6.45) is -0.487. The highest BCUT2D eigenvalue weighted by atomic mass is 79.9. The van der Waals surface area contributed by atoms with Crippen molar-refractivity contribution in [2.75, 3.05) is 31.1 Å². The number of amides is 1. The number of hydrogen-bond donors (Lipinski definition) is 0. The molecular weight excluding hydrogens is 426 g/mol. The summed E-state index contributed by atoms with van der Waals surface area (Å²) in [5, 5.41) is 1.02. The lowest BCUT2D eigenvalue weighted by Gasteiger charge is -2.35. The summed E-state index contributed by atoms with van der Waals surface area (Å²) in [6.45, 7) is 4.74. The van der Waals surface area contributed by atoms with Gasteiger partial charge in [-0.1, -0.05) is 45.5 Å². The number of ether oxygens (including phenoxy) is 1. The van der Waals surface area contributed by atoms with Gasteiger partial charge in [0.05, 0.1) is 10.2 Å². The highest BCUT2D eigenvalue weighted by Gasteiger charge is 2.27. The number of thiazole rings is 1. The van der Waals surface area contributed by atoms with Crippen molar-refractivity contribution in [3.8, 4) is 5.75 Å². The van der Waals surface area contributed by atoms with Crippen LogP contribution in [0.2, 0.25) is 0 Å². The van der Waals surface area contributed by atoms with Crippen LogP contribution in [0.3, 0.4) is 0 Å². The summed E-state index contributed by atoms with van der Waals surface area (Å²) in [5.41, 5.74) is 1.02. The van der Waals surface area contributed by atoms with Gasteiger partial charge in [-0.15, -0.1) is 0 Å². The van der Waals surface area contributed by atoms with Crippen LogP contribution in [0.1, 0.15) is 6.92 Å². The molecule has 2 aromatic carbocycles. The van der Waals surface area contributed by atoms with Crippen LogP contribution >= 0.6 is 27.3 Å². The van der Waals surface area contributed by atoms with Crippen LogP contribution in [0, 0.1) is 0 Å². The Kier molecular flexibility index (Phi) is 5.31. The van der Waals surface area contributed by atoms with Gasteiger partial charge in [-0.05, 0) is 37.3 Å². The van der Waals surface area contributed by atoms with E-state index in [1.165, 1.54) is 4.70 Å². The second-order valence-corrected chi connectivity index (χ2v) is 8.42. The van der Waals surface area contributed by atoms with E-state index in [1.807, 2.05) is 54.3 Å². The van der Waals surface area contributed by atoms with Gasteiger partial charge in [-0.2, -0.15) is 0 Å². The lowest BCUT2D eigenvalue weighted by Crippen LogP contribution is -2.52. The van der Waals surface area contributed by atoms with Gasteiger partial charge < -0.3 is 14.5 Å². The number of halogens is 1. The molecule has 140 valence electrons. The smallest absolute Gasteiger partial charge is 0.263 e. The molecule has 7 heteroatoms. The number of aromatic nitrogens is 1. The average molecular weight is 446 g/mol. The van der Waals surface area contributed by atoms with E-state index < -0.39 is 6.10 Å². The molecule has 0 radical (unpaired) electrons. The molecule has 1 aliphatic heterocycles. The summed E-state index contributed by atoms with van der Waals surface area (Å²) in [4.78, 5) is 21.6. The molecule has 1 saturated heterocycles. The number of rotatable bonds is 4. The van der Waals surface area contributed by atoms with Crippen molar-refractivity contribution in [2.24, 2.45) is 0 Å². The number of hydrogen-bond acceptors (Lipinski definition) is 5. The molecule has 1 unspecified atom stereocenters. The molecule has 3 aromatic rings. The predicted octanol–water partition coefficient (Wildman–Crippen LogP) is 4.17. The van der Waals surface area contributed by atoms with E-state index in [0.717, 1.165) is 34.0 Å². The predicted molar refractivity (Wildman–Crippen MR) is 113 cm³/mol. The molecule has 0 saturated carbocycles. The Balaban J connectivity index is 1.37. The summed E-state index contributed by atoms with van der Waals surface area (Å²) in [6, 6.07) is 15.6. The largest absolute Gasteiger partial charge is 0.481 e. The number of carbonyl (C=O) groups is 1. The van der Waals surface area contributed by atoms with Gasteiger partial charge in [0, 0.05) is 30.7 Å². The zero-order chi connectivity index (χ0) is 18.8. The Hall–Kier alpha value is -2.12. The molecular formula is C20H20BrN3O2S. The number of anilines is 1. The number of fused-ring (bicyclic) bond motifs is 1. The number of carbonyl (C=O) groups excluding carboxylic acids is 1. The summed E-state index contributed by atoms with van der Waals surface area (Å²) in [5.74, 6) is 0.754. The van der Waals surface area contributed by atoms with E-state index in [-0.39, 0.29) is 5.91 Å². The maximum Gasteiger partial charge on any atom is 0.263 e. The fraction of sp³-hybridized carbons (Fsp3) is 0.300. The molecule has 2 heterocycles. The first-order valence-corrected chi connectivity index (χ1v) is 10.5. The maximum atomic E-state index is 12.7. The minimum absolute atomic E-state index is 0.0340. The van der Waals surface area contributed by atoms with E-state index in [0.29, 0.717) is 13.1 Å². The standard InChI is InChI=1S/C20H20BrN3O2S/c1-14(26-16-5-3-2-4-6-16)19(25)23-9-11-24(12-10-23)20-22-17-8-7-15(21)13-18(17)27-20/h2-8,13-14H,9-12H2,1H3. The van der Waals surface area contributed by atoms with Crippen molar-refractivity contribution < 1.29 is 9.53 Å². The lowest BCUT2D eigenvalue weighted by atomic mass is 10.2. The van der Waals surface area contributed by atoms with Crippen molar-refractivity contribution in [1.82, 2.24) is 9.88 Å². The SMILES string of the molecule is CC(Oc1ccccc1)C(=O)N1CCN(c2nc3ccc(Br)cc3s2)CC1. The van der Waals surface area contributed by atoms with Crippen LogP contribution in [0.15, 0.2) is 53.0 Å². The molecule has 1 amide bonds. The number of benzene rings is 2. The third-order valence-electron chi connectivity index (χ3n) is 4.60. The molecule has 0 bridgehead atoms. The molecule has 5 nitrogen and oxygen atoms in total. The molecule has 0 spiro atoms. The summed E-state index contributed by atoms with van der Waals surface area (Å²) in [7, 11) is 0. The zero-order valence-corrected chi connectivity index (χ0v) is 17.4. The van der Waals surface area contributed by atoms with Crippen molar-refractivity contribution >= 4 is 48.5 Å². The second kappa shape index (κ2) is 7.86. The molecule has 1 fully saturated rings. The molecule has 4 rings (SSSR count). The highest BCUT2D eigenvalue weighted by molar-refractivity contribution is 9.10. The number of para-hydroxylation sites is 1. The highest BCUT2D eigenvalue weighted by Crippen LogP contribution is 2.31. The third kappa shape index (κ3) is 4.09. The van der Waals surface area contributed by atoms with Crippen LogP contribution in [-0.2, 0) is 4.79 Å². The number of piperazine rings is 1. The number of nitrogens with zero attached hydrogens (tertiary/aromatic N) is 3. The van der Waals surface area contributed by atoms with Gasteiger partial charge in [0.25, 0.3) is 5.91 Å². The topological polar surface area (TPSA) is 45.7 Å². The Labute approximate surface area is 170 Å².